The molecular weight excluding hydrogens is 290 g/mol. The Balaban J connectivity index is 1.86. The van der Waals surface area contributed by atoms with E-state index in [1.165, 1.54) is 16.7 Å². The lowest BCUT2D eigenvalue weighted by molar-refractivity contribution is 0.0304. The molecule has 1 fully saturated rings. The third kappa shape index (κ3) is 3.27. The van der Waals surface area contributed by atoms with Crippen molar-refractivity contribution in [1.29, 1.82) is 0 Å². The zero-order valence-corrected chi connectivity index (χ0v) is 14.3. The van der Waals surface area contributed by atoms with Crippen LogP contribution in [0.3, 0.4) is 0 Å². The largest absolute Gasteiger partial charge is 0.444 e. The molecule has 2 heterocycles. The number of nitrogens with zero attached hydrogens (tertiary/aromatic N) is 1. The molecule has 0 aromatic heterocycles. The van der Waals surface area contributed by atoms with E-state index in [0.29, 0.717) is 6.54 Å². The molecule has 1 aromatic rings. The number of anilines is 1. The summed E-state index contributed by atoms with van der Waals surface area (Å²) in [5.74, 6) is 0. The average molecular weight is 315 g/mol. The summed E-state index contributed by atoms with van der Waals surface area (Å²) in [6.45, 7) is 8.96. The number of hydrogen-bond donors (Lipinski definition) is 0. The fraction of sp³-hybridized carbons (Fsp3) is 0.526. The summed E-state index contributed by atoms with van der Waals surface area (Å²) < 4.78 is 11.1. The SMILES string of the molecule is CCC1CN(c2ccc(C3=CC(C)OC(C)C3)c(C)c2)C(=O)O1. The van der Waals surface area contributed by atoms with Gasteiger partial charge in [0.25, 0.3) is 0 Å². The van der Waals surface area contributed by atoms with Crippen molar-refractivity contribution in [1.82, 2.24) is 0 Å². The molecule has 0 bridgehead atoms. The normalized spacial score (nSPS) is 27.8. The summed E-state index contributed by atoms with van der Waals surface area (Å²) in [4.78, 5) is 13.7. The van der Waals surface area contributed by atoms with Gasteiger partial charge in [-0.1, -0.05) is 19.1 Å². The number of aryl methyl sites for hydroxylation is 1. The maximum atomic E-state index is 12.0. The summed E-state index contributed by atoms with van der Waals surface area (Å²) in [5, 5.41) is 0. The van der Waals surface area contributed by atoms with E-state index >= 15 is 0 Å². The third-order valence-electron chi connectivity index (χ3n) is 4.59. The Bertz CT molecular complexity index is 638. The number of benzene rings is 1. The molecule has 1 amide bonds. The van der Waals surface area contributed by atoms with Crippen LogP contribution in [0.5, 0.6) is 0 Å². The Morgan fingerprint density at radius 1 is 1.30 bits per heavy atom. The second-order valence-corrected chi connectivity index (χ2v) is 6.57. The molecule has 3 unspecified atom stereocenters. The molecule has 0 saturated carbocycles. The summed E-state index contributed by atoms with van der Waals surface area (Å²) in [6, 6.07) is 6.22. The zero-order chi connectivity index (χ0) is 16.6. The molecule has 4 nitrogen and oxygen atoms in total. The molecule has 124 valence electrons. The molecule has 2 aliphatic heterocycles. The van der Waals surface area contributed by atoms with Crippen LogP contribution in [0.15, 0.2) is 24.3 Å². The van der Waals surface area contributed by atoms with Gasteiger partial charge in [0, 0.05) is 5.69 Å². The second-order valence-electron chi connectivity index (χ2n) is 6.57. The molecule has 1 aromatic carbocycles. The van der Waals surface area contributed by atoms with Crippen molar-refractivity contribution < 1.29 is 14.3 Å². The van der Waals surface area contributed by atoms with E-state index in [9.17, 15) is 4.79 Å². The van der Waals surface area contributed by atoms with E-state index in [1.54, 1.807) is 4.90 Å². The Morgan fingerprint density at radius 3 is 2.70 bits per heavy atom. The van der Waals surface area contributed by atoms with E-state index in [4.69, 9.17) is 9.47 Å². The molecular formula is C19H25NO3. The van der Waals surface area contributed by atoms with Crippen molar-refractivity contribution in [3.05, 3.63) is 35.4 Å². The molecule has 0 radical (unpaired) electrons. The van der Waals surface area contributed by atoms with Crippen LogP contribution in [0.1, 0.15) is 44.7 Å². The van der Waals surface area contributed by atoms with Crippen molar-refractivity contribution in [3.63, 3.8) is 0 Å². The molecule has 23 heavy (non-hydrogen) atoms. The topological polar surface area (TPSA) is 38.8 Å². The maximum Gasteiger partial charge on any atom is 0.414 e. The monoisotopic (exact) mass is 315 g/mol. The number of rotatable bonds is 3. The van der Waals surface area contributed by atoms with E-state index in [1.807, 2.05) is 13.0 Å². The number of carbonyl (C=O) groups excluding carboxylic acids is 1. The lowest BCUT2D eigenvalue weighted by Crippen LogP contribution is -2.24. The molecule has 1 saturated heterocycles. The molecule has 0 aliphatic carbocycles. The minimum absolute atomic E-state index is 0.00221. The Hall–Kier alpha value is -1.81. The first kappa shape index (κ1) is 16.1. The van der Waals surface area contributed by atoms with Crippen molar-refractivity contribution >= 4 is 17.4 Å². The van der Waals surface area contributed by atoms with Gasteiger partial charge in [0.15, 0.2) is 0 Å². The maximum absolute atomic E-state index is 12.0. The number of cyclic esters (lactones) is 1. The molecule has 4 heteroatoms. The first-order chi connectivity index (χ1) is 11.0. The Kier molecular flexibility index (Phi) is 4.44. The summed E-state index contributed by atoms with van der Waals surface area (Å²) in [5.41, 5.74) is 4.68. The van der Waals surface area contributed by atoms with E-state index < -0.39 is 0 Å². The van der Waals surface area contributed by atoms with Crippen LogP contribution in [0.2, 0.25) is 0 Å². The lowest BCUT2D eigenvalue weighted by Gasteiger charge is -2.26. The zero-order valence-electron chi connectivity index (χ0n) is 14.3. The number of hydrogen-bond acceptors (Lipinski definition) is 3. The van der Waals surface area contributed by atoms with Gasteiger partial charge in [-0.2, -0.15) is 0 Å². The van der Waals surface area contributed by atoms with Gasteiger partial charge in [-0.15, -0.1) is 0 Å². The predicted octanol–water partition coefficient (Wildman–Crippen LogP) is 4.31. The van der Waals surface area contributed by atoms with Crippen LogP contribution in [-0.4, -0.2) is 30.9 Å². The van der Waals surface area contributed by atoms with Crippen molar-refractivity contribution in [2.45, 2.75) is 58.8 Å². The molecule has 2 aliphatic rings. The highest BCUT2D eigenvalue weighted by molar-refractivity contribution is 5.90. The summed E-state index contributed by atoms with van der Waals surface area (Å²) >= 11 is 0. The second kappa shape index (κ2) is 6.36. The van der Waals surface area contributed by atoms with E-state index in [0.717, 1.165) is 18.5 Å². The van der Waals surface area contributed by atoms with Crippen LogP contribution in [0, 0.1) is 6.92 Å². The molecule has 3 atom stereocenters. The van der Waals surface area contributed by atoms with Crippen LogP contribution in [0.4, 0.5) is 10.5 Å². The van der Waals surface area contributed by atoms with Crippen LogP contribution in [-0.2, 0) is 9.47 Å². The van der Waals surface area contributed by atoms with Gasteiger partial charge in [0.1, 0.15) is 6.10 Å². The van der Waals surface area contributed by atoms with Crippen LogP contribution >= 0.6 is 0 Å². The number of ether oxygens (including phenoxy) is 2. The van der Waals surface area contributed by atoms with E-state index in [-0.39, 0.29) is 24.4 Å². The summed E-state index contributed by atoms with van der Waals surface area (Å²) in [6.07, 6.45) is 4.11. The van der Waals surface area contributed by atoms with Crippen molar-refractivity contribution in [2.24, 2.45) is 0 Å². The van der Waals surface area contributed by atoms with Crippen molar-refractivity contribution in [3.8, 4) is 0 Å². The standard InChI is InChI=1S/C19H25NO3/c1-5-17-11-20(19(21)23-17)16-6-7-18(12(2)8-16)15-9-13(3)22-14(4)10-15/h6-9,13-14,17H,5,10-11H2,1-4H3. The van der Waals surface area contributed by atoms with Gasteiger partial charge < -0.3 is 9.47 Å². The van der Waals surface area contributed by atoms with Gasteiger partial charge in [0.2, 0.25) is 0 Å². The number of amides is 1. The van der Waals surface area contributed by atoms with Gasteiger partial charge >= 0.3 is 6.09 Å². The molecule has 0 spiro atoms. The predicted molar refractivity (Wildman–Crippen MR) is 91.7 cm³/mol. The summed E-state index contributed by atoms with van der Waals surface area (Å²) in [7, 11) is 0. The molecule has 3 rings (SSSR count). The minimum atomic E-state index is -0.239. The fourth-order valence-corrected chi connectivity index (χ4v) is 3.44. The van der Waals surface area contributed by atoms with Gasteiger partial charge in [-0.25, -0.2) is 4.79 Å². The first-order valence-electron chi connectivity index (χ1n) is 8.43. The van der Waals surface area contributed by atoms with Crippen LogP contribution < -0.4 is 4.90 Å². The van der Waals surface area contributed by atoms with Crippen molar-refractivity contribution in [2.75, 3.05) is 11.4 Å². The highest BCUT2D eigenvalue weighted by atomic mass is 16.6. The average Bonchev–Trinajstić information content (AvgIpc) is 2.87. The van der Waals surface area contributed by atoms with Gasteiger partial charge in [-0.05, 0) is 62.4 Å². The highest BCUT2D eigenvalue weighted by Crippen LogP contribution is 2.32. The third-order valence-corrected chi connectivity index (χ3v) is 4.59. The van der Waals surface area contributed by atoms with Crippen LogP contribution in [0.25, 0.3) is 5.57 Å². The quantitative estimate of drug-likeness (QED) is 0.834. The Labute approximate surface area is 138 Å². The van der Waals surface area contributed by atoms with Gasteiger partial charge in [-0.3, -0.25) is 4.90 Å². The fourth-order valence-electron chi connectivity index (χ4n) is 3.44. The van der Waals surface area contributed by atoms with Gasteiger partial charge in [0.05, 0.1) is 18.8 Å². The molecule has 0 N–H and O–H groups in total. The minimum Gasteiger partial charge on any atom is -0.444 e. The highest BCUT2D eigenvalue weighted by Gasteiger charge is 2.31. The first-order valence-corrected chi connectivity index (χ1v) is 8.43. The van der Waals surface area contributed by atoms with E-state index in [2.05, 4.69) is 39.0 Å². The number of carbonyl (C=O) groups is 1. The lowest BCUT2D eigenvalue weighted by atomic mass is 9.93. The Morgan fingerprint density at radius 2 is 2.09 bits per heavy atom. The smallest absolute Gasteiger partial charge is 0.414 e.